The van der Waals surface area contributed by atoms with Gasteiger partial charge in [-0.05, 0) is 44.1 Å². The molecule has 0 aromatic heterocycles. The van der Waals surface area contributed by atoms with E-state index in [1.165, 1.54) is 45.1 Å². The third-order valence-electron chi connectivity index (χ3n) is 5.73. The van der Waals surface area contributed by atoms with Crippen LogP contribution in [0.15, 0.2) is 0 Å². The van der Waals surface area contributed by atoms with E-state index >= 15 is 0 Å². The molecule has 0 aromatic carbocycles. The molecule has 120 valence electrons. The summed E-state index contributed by atoms with van der Waals surface area (Å²) in [6, 6.07) is 0. The summed E-state index contributed by atoms with van der Waals surface area (Å²) in [5.74, 6) is 2.49. The van der Waals surface area contributed by atoms with Crippen LogP contribution in [0.25, 0.3) is 0 Å². The van der Waals surface area contributed by atoms with Crippen molar-refractivity contribution in [1.82, 2.24) is 26.6 Å². The van der Waals surface area contributed by atoms with Gasteiger partial charge in [0.15, 0.2) is 0 Å². The molecular weight excluding hydrogens is 282 g/mol. The van der Waals surface area contributed by atoms with Crippen molar-refractivity contribution in [3.05, 3.63) is 0 Å². The van der Waals surface area contributed by atoms with Gasteiger partial charge in [-0.1, -0.05) is 19.8 Å². The molecule has 1 aliphatic carbocycles. The third-order valence-corrected chi connectivity index (χ3v) is 7.12. The van der Waals surface area contributed by atoms with Crippen LogP contribution in [-0.2, 0) is 0 Å². The SMILES string of the molecule is CC1CCC(C2NN3C(NNC3C3CCCNC3)S2)CC1. The summed E-state index contributed by atoms with van der Waals surface area (Å²) in [7, 11) is 0. The van der Waals surface area contributed by atoms with Gasteiger partial charge in [-0.3, -0.25) is 0 Å². The topological polar surface area (TPSA) is 51.4 Å². The van der Waals surface area contributed by atoms with Crippen molar-refractivity contribution in [3.8, 4) is 0 Å². The minimum atomic E-state index is 0.404. The van der Waals surface area contributed by atoms with Crippen LogP contribution >= 0.6 is 11.8 Å². The third kappa shape index (κ3) is 2.99. The first-order valence-electron chi connectivity index (χ1n) is 8.73. The van der Waals surface area contributed by atoms with Crippen LogP contribution in [0.2, 0.25) is 0 Å². The molecule has 6 heteroatoms. The Labute approximate surface area is 132 Å². The molecule has 3 aliphatic heterocycles. The molecule has 0 aromatic rings. The lowest BCUT2D eigenvalue weighted by atomic mass is 9.83. The molecule has 5 nitrogen and oxygen atoms in total. The van der Waals surface area contributed by atoms with E-state index in [2.05, 4.69) is 45.3 Å². The van der Waals surface area contributed by atoms with Gasteiger partial charge in [-0.15, -0.1) is 11.8 Å². The lowest BCUT2D eigenvalue weighted by Gasteiger charge is -2.34. The molecule has 4 rings (SSSR count). The number of nitrogens with zero attached hydrogens (tertiary/aromatic N) is 1. The summed E-state index contributed by atoms with van der Waals surface area (Å²) in [5.41, 5.74) is 11.2. The monoisotopic (exact) mass is 311 g/mol. The Hall–Kier alpha value is 0.150. The van der Waals surface area contributed by atoms with Gasteiger partial charge in [0.05, 0.1) is 11.5 Å². The first-order valence-corrected chi connectivity index (χ1v) is 9.67. The summed E-state index contributed by atoms with van der Waals surface area (Å²) in [5, 5.41) is 6.61. The second-order valence-electron chi connectivity index (χ2n) is 7.31. The van der Waals surface area contributed by atoms with Gasteiger partial charge >= 0.3 is 0 Å². The van der Waals surface area contributed by atoms with Gasteiger partial charge < -0.3 is 5.32 Å². The van der Waals surface area contributed by atoms with Crippen molar-refractivity contribution in [2.75, 3.05) is 13.1 Å². The van der Waals surface area contributed by atoms with Crippen molar-refractivity contribution in [2.45, 2.75) is 62.5 Å². The highest BCUT2D eigenvalue weighted by atomic mass is 32.2. The average molecular weight is 311 g/mol. The lowest BCUT2D eigenvalue weighted by molar-refractivity contribution is 0.0859. The normalized spacial score (nSPS) is 48.4. The van der Waals surface area contributed by atoms with Crippen molar-refractivity contribution in [1.29, 1.82) is 0 Å². The Kier molecular flexibility index (Phi) is 4.44. The van der Waals surface area contributed by atoms with Gasteiger partial charge in [0.2, 0.25) is 0 Å². The summed E-state index contributed by atoms with van der Waals surface area (Å²) in [6.45, 7) is 4.73. The van der Waals surface area contributed by atoms with E-state index in [1.54, 1.807) is 0 Å². The molecule has 4 N–H and O–H groups in total. The molecule has 4 atom stereocenters. The van der Waals surface area contributed by atoms with Gasteiger partial charge in [-0.2, -0.15) is 5.01 Å². The molecule has 0 amide bonds. The highest BCUT2D eigenvalue weighted by molar-refractivity contribution is 8.00. The van der Waals surface area contributed by atoms with E-state index in [-0.39, 0.29) is 0 Å². The molecule has 0 bridgehead atoms. The van der Waals surface area contributed by atoms with Crippen LogP contribution < -0.4 is 21.6 Å². The summed E-state index contributed by atoms with van der Waals surface area (Å²) >= 11 is 2.08. The van der Waals surface area contributed by atoms with E-state index in [0.717, 1.165) is 18.4 Å². The van der Waals surface area contributed by atoms with Crippen molar-refractivity contribution < 1.29 is 0 Å². The molecule has 3 heterocycles. The number of thioether (sulfide) groups is 1. The predicted octanol–water partition coefficient (Wildman–Crippen LogP) is 1.41. The quantitative estimate of drug-likeness (QED) is 0.619. The van der Waals surface area contributed by atoms with Crippen LogP contribution in [0.3, 0.4) is 0 Å². The molecular formula is C15H29N5S. The molecule has 0 radical (unpaired) electrons. The summed E-state index contributed by atoms with van der Waals surface area (Å²) < 4.78 is 0. The molecule has 4 aliphatic rings. The Balaban J connectivity index is 1.36. The van der Waals surface area contributed by atoms with Crippen LogP contribution in [0.5, 0.6) is 0 Å². The fourth-order valence-electron chi connectivity index (χ4n) is 4.30. The minimum Gasteiger partial charge on any atom is -0.316 e. The van der Waals surface area contributed by atoms with E-state index in [0.29, 0.717) is 23.0 Å². The first-order chi connectivity index (χ1) is 10.3. The molecule has 1 saturated carbocycles. The summed E-state index contributed by atoms with van der Waals surface area (Å²) in [6.07, 6.45) is 8.69. The zero-order valence-corrected chi connectivity index (χ0v) is 13.8. The van der Waals surface area contributed by atoms with Gasteiger partial charge in [0.1, 0.15) is 5.50 Å². The smallest absolute Gasteiger partial charge is 0.136 e. The van der Waals surface area contributed by atoms with Gasteiger partial charge in [0, 0.05) is 12.5 Å². The fourth-order valence-corrected chi connectivity index (χ4v) is 5.72. The molecule has 4 fully saturated rings. The summed E-state index contributed by atoms with van der Waals surface area (Å²) in [4.78, 5) is 0. The van der Waals surface area contributed by atoms with Crippen molar-refractivity contribution in [2.24, 2.45) is 17.8 Å². The van der Waals surface area contributed by atoms with Crippen LogP contribution in [-0.4, -0.2) is 35.1 Å². The van der Waals surface area contributed by atoms with E-state index in [9.17, 15) is 0 Å². The Morgan fingerprint density at radius 2 is 1.86 bits per heavy atom. The number of piperidine rings is 1. The zero-order chi connectivity index (χ0) is 14.2. The van der Waals surface area contributed by atoms with Crippen molar-refractivity contribution >= 4 is 11.8 Å². The van der Waals surface area contributed by atoms with E-state index < -0.39 is 0 Å². The second-order valence-corrected chi connectivity index (χ2v) is 8.53. The minimum absolute atomic E-state index is 0.404. The first kappa shape index (κ1) is 14.7. The second kappa shape index (κ2) is 6.34. The number of hydrogen-bond donors (Lipinski definition) is 4. The van der Waals surface area contributed by atoms with E-state index in [4.69, 9.17) is 0 Å². The Morgan fingerprint density at radius 3 is 2.62 bits per heavy atom. The number of rotatable bonds is 2. The number of hydrazine groups is 2. The zero-order valence-electron chi connectivity index (χ0n) is 13.0. The maximum Gasteiger partial charge on any atom is 0.136 e. The van der Waals surface area contributed by atoms with Crippen LogP contribution in [0.4, 0.5) is 0 Å². The number of hydrogen-bond acceptors (Lipinski definition) is 6. The standard InChI is InChI=1S/C15H29N5S/c1-10-4-6-11(7-5-10)14-19-20-13(17-18-15(20)21-14)12-3-2-8-16-9-12/h10-19H,2-9H2,1H3. The average Bonchev–Trinajstić information content (AvgIpc) is 3.09. The predicted molar refractivity (Wildman–Crippen MR) is 86.9 cm³/mol. The highest BCUT2D eigenvalue weighted by Crippen LogP contribution is 2.40. The number of fused-ring (bicyclic) bond motifs is 1. The van der Waals surface area contributed by atoms with Crippen molar-refractivity contribution in [3.63, 3.8) is 0 Å². The lowest BCUT2D eigenvalue weighted by Crippen LogP contribution is -2.53. The maximum absolute atomic E-state index is 3.83. The van der Waals surface area contributed by atoms with Crippen LogP contribution in [0.1, 0.15) is 45.4 Å². The Bertz CT molecular complexity index is 354. The number of nitrogens with one attached hydrogen (secondary N) is 4. The maximum atomic E-state index is 3.83. The van der Waals surface area contributed by atoms with Crippen LogP contribution in [0, 0.1) is 17.8 Å². The highest BCUT2D eigenvalue weighted by Gasteiger charge is 2.46. The molecule has 21 heavy (non-hydrogen) atoms. The molecule has 4 unspecified atom stereocenters. The molecule has 0 spiro atoms. The van der Waals surface area contributed by atoms with E-state index in [1.807, 2.05) is 0 Å². The van der Waals surface area contributed by atoms with Gasteiger partial charge in [0.25, 0.3) is 0 Å². The van der Waals surface area contributed by atoms with Gasteiger partial charge in [-0.25, -0.2) is 16.3 Å². The Morgan fingerprint density at radius 1 is 1.00 bits per heavy atom. The largest absolute Gasteiger partial charge is 0.316 e. The molecule has 3 saturated heterocycles. The fraction of sp³-hybridized carbons (Fsp3) is 1.00.